The molecule has 0 saturated carbocycles. The van der Waals surface area contributed by atoms with Gasteiger partial charge in [-0.05, 0) is 37.5 Å². The average Bonchev–Trinajstić information content (AvgIpc) is 3.40. The van der Waals surface area contributed by atoms with Crippen molar-refractivity contribution < 1.29 is 14.1 Å². The number of aromatic nitrogens is 2. The zero-order chi connectivity index (χ0) is 19.3. The van der Waals surface area contributed by atoms with Gasteiger partial charge in [0.15, 0.2) is 0 Å². The molecule has 1 aliphatic rings. The zero-order valence-corrected chi connectivity index (χ0v) is 15.9. The summed E-state index contributed by atoms with van der Waals surface area (Å²) in [6, 6.07) is 17.2. The summed E-state index contributed by atoms with van der Waals surface area (Å²) in [5, 5.41) is 4.10. The second-order valence-corrected chi connectivity index (χ2v) is 6.82. The zero-order valence-electron chi connectivity index (χ0n) is 15.9. The van der Waals surface area contributed by atoms with Gasteiger partial charge in [0.2, 0.25) is 17.6 Å². The summed E-state index contributed by atoms with van der Waals surface area (Å²) in [7, 11) is 0. The summed E-state index contributed by atoms with van der Waals surface area (Å²) in [6.07, 6.45) is 2.12. The predicted octanol–water partition coefficient (Wildman–Crippen LogP) is 4.04. The topological polar surface area (TPSA) is 68.5 Å². The van der Waals surface area contributed by atoms with Crippen LogP contribution >= 0.6 is 0 Å². The second-order valence-electron chi connectivity index (χ2n) is 6.82. The fraction of sp³-hybridized carbons (Fsp3) is 0.318. The number of nitrogens with zero attached hydrogens (tertiary/aromatic N) is 3. The van der Waals surface area contributed by atoms with Gasteiger partial charge < -0.3 is 14.2 Å². The lowest BCUT2D eigenvalue weighted by atomic mass is 10.1. The van der Waals surface area contributed by atoms with E-state index in [1.165, 1.54) is 0 Å². The fourth-order valence-corrected chi connectivity index (χ4v) is 3.54. The summed E-state index contributed by atoms with van der Waals surface area (Å²) in [6.45, 7) is 3.29. The van der Waals surface area contributed by atoms with Crippen LogP contribution in [0.3, 0.4) is 0 Å². The van der Waals surface area contributed by atoms with E-state index in [9.17, 15) is 4.79 Å². The number of ether oxygens (including phenoxy) is 1. The predicted molar refractivity (Wildman–Crippen MR) is 105 cm³/mol. The van der Waals surface area contributed by atoms with E-state index >= 15 is 0 Å². The standard InChI is InChI=1S/C22H23N3O3/c1-2-27-18-12-10-16(11-13-18)15-20(26)25-14-6-9-19(25)22-23-21(24-28-22)17-7-4-3-5-8-17/h3-5,7-8,10-13,19H,2,6,9,14-15H2,1H3. The molecule has 0 radical (unpaired) electrons. The molecule has 0 bridgehead atoms. The molecule has 6 heteroatoms. The number of benzene rings is 2. The minimum Gasteiger partial charge on any atom is -0.494 e. The molecule has 3 aromatic rings. The monoisotopic (exact) mass is 377 g/mol. The lowest BCUT2D eigenvalue weighted by Crippen LogP contribution is -2.32. The quantitative estimate of drug-likeness (QED) is 0.648. The van der Waals surface area contributed by atoms with Crippen LogP contribution in [-0.2, 0) is 11.2 Å². The summed E-state index contributed by atoms with van der Waals surface area (Å²) >= 11 is 0. The Balaban J connectivity index is 1.46. The Kier molecular flexibility index (Phi) is 5.37. The molecule has 1 aromatic heterocycles. The largest absolute Gasteiger partial charge is 0.494 e. The van der Waals surface area contributed by atoms with E-state index in [4.69, 9.17) is 9.26 Å². The van der Waals surface area contributed by atoms with Gasteiger partial charge >= 0.3 is 0 Å². The number of amides is 1. The average molecular weight is 377 g/mol. The van der Waals surface area contributed by atoms with Crippen LogP contribution in [0.25, 0.3) is 11.4 Å². The van der Waals surface area contributed by atoms with Gasteiger partial charge in [0.05, 0.1) is 13.0 Å². The molecule has 1 aliphatic heterocycles. The van der Waals surface area contributed by atoms with Crippen LogP contribution in [0.4, 0.5) is 0 Å². The molecule has 1 unspecified atom stereocenters. The Bertz CT molecular complexity index is 922. The maximum atomic E-state index is 12.9. The molecule has 1 atom stereocenters. The van der Waals surface area contributed by atoms with E-state index < -0.39 is 0 Å². The first kappa shape index (κ1) is 18.2. The molecule has 0 spiro atoms. The highest BCUT2D eigenvalue weighted by atomic mass is 16.5. The van der Waals surface area contributed by atoms with Gasteiger partial charge in [-0.15, -0.1) is 0 Å². The van der Waals surface area contributed by atoms with Crippen LogP contribution in [0.15, 0.2) is 59.1 Å². The summed E-state index contributed by atoms with van der Waals surface area (Å²) in [5.74, 6) is 1.96. The van der Waals surface area contributed by atoms with Gasteiger partial charge in [-0.25, -0.2) is 0 Å². The van der Waals surface area contributed by atoms with E-state index in [1.807, 2.05) is 66.4 Å². The van der Waals surface area contributed by atoms with Crippen molar-refractivity contribution in [2.75, 3.05) is 13.2 Å². The molecule has 2 heterocycles. The lowest BCUT2D eigenvalue weighted by Gasteiger charge is -2.22. The Hall–Kier alpha value is -3.15. The Morgan fingerprint density at radius 1 is 1.18 bits per heavy atom. The van der Waals surface area contributed by atoms with Crippen molar-refractivity contribution in [3.05, 3.63) is 66.1 Å². The van der Waals surface area contributed by atoms with Crippen molar-refractivity contribution in [2.24, 2.45) is 0 Å². The molecule has 0 N–H and O–H groups in total. The van der Waals surface area contributed by atoms with Gasteiger partial charge in [0.25, 0.3) is 0 Å². The highest BCUT2D eigenvalue weighted by Crippen LogP contribution is 2.32. The normalized spacial score (nSPS) is 16.3. The van der Waals surface area contributed by atoms with Crippen molar-refractivity contribution in [1.29, 1.82) is 0 Å². The minimum atomic E-state index is -0.153. The summed E-state index contributed by atoms with van der Waals surface area (Å²) < 4.78 is 11.0. The number of likely N-dealkylation sites (tertiary alicyclic amines) is 1. The van der Waals surface area contributed by atoms with E-state index in [1.54, 1.807) is 0 Å². The van der Waals surface area contributed by atoms with Gasteiger partial charge in [0.1, 0.15) is 11.8 Å². The van der Waals surface area contributed by atoms with Gasteiger partial charge in [-0.3, -0.25) is 4.79 Å². The van der Waals surface area contributed by atoms with Crippen molar-refractivity contribution in [3.63, 3.8) is 0 Å². The van der Waals surface area contributed by atoms with Crippen LogP contribution in [0, 0.1) is 0 Å². The number of hydrogen-bond donors (Lipinski definition) is 0. The molecule has 1 amide bonds. The molecule has 0 aliphatic carbocycles. The third-order valence-electron chi connectivity index (χ3n) is 4.92. The van der Waals surface area contributed by atoms with E-state index in [0.717, 1.165) is 29.7 Å². The lowest BCUT2D eigenvalue weighted by molar-refractivity contribution is -0.131. The first-order valence-electron chi connectivity index (χ1n) is 9.65. The first-order chi connectivity index (χ1) is 13.7. The third-order valence-corrected chi connectivity index (χ3v) is 4.92. The van der Waals surface area contributed by atoms with Crippen molar-refractivity contribution in [3.8, 4) is 17.1 Å². The van der Waals surface area contributed by atoms with Crippen LogP contribution in [0.5, 0.6) is 5.75 Å². The maximum absolute atomic E-state index is 12.9. The number of hydrogen-bond acceptors (Lipinski definition) is 5. The molecule has 1 fully saturated rings. The van der Waals surface area contributed by atoms with Gasteiger partial charge in [-0.1, -0.05) is 47.6 Å². The number of rotatable bonds is 6. The molecule has 4 rings (SSSR count). The van der Waals surface area contributed by atoms with Crippen molar-refractivity contribution in [2.45, 2.75) is 32.2 Å². The van der Waals surface area contributed by atoms with Crippen molar-refractivity contribution >= 4 is 5.91 Å². The molecule has 2 aromatic carbocycles. The highest BCUT2D eigenvalue weighted by molar-refractivity contribution is 5.79. The Morgan fingerprint density at radius 3 is 2.71 bits per heavy atom. The highest BCUT2D eigenvalue weighted by Gasteiger charge is 2.34. The third kappa shape index (κ3) is 3.91. The van der Waals surface area contributed by atoms with E-state index in [0.29, 0.717) is 31.3 Å². The summed E-state index contributed by atoms with van der Waals surface area (Å²) in [4.78, 5) is 19.3. The Labute approximate surface area is 164 Å². The Morgan fingerprint density at radius 2 is 1.96 bits per heavy atom. The number of carbonyl (C=O) groups is 1. The van der Waals surface area contributed by atoms with Crippen molar-refractivity contribution in [1.82, 2.24) is 15.0 Å². The van der Waals surface area contributed by atoms with E-state index in [-0.39, 0.29) is 11.9 Å². The fourth-order valence-electron chi connectivity index (χ4n) is 3.54. The smallest absolute Gasteiger partial charge is 0.249 e. The molecule has 144 valence electrons. The van der Waals surface area contributed by atoms with Crippen LogP contribution < -0.4 is 4.74 Å². The molecular weight excluding hydrogens is 354 g/mol. The van der Waals surface area contributed by atoms with Gasteiger partial charge in [0, 0.05) is 12.1 Å². The summed E-state index contributed by atoms with van der Waals surface area (Å²) in [5.41, 5.74) is 1.87. The van der Waals surface area contributed by atoms with E-state index in [2.05, 4.69) is 10.1 Å². The van der Waals surface area contributed by atoms with Crippen LogP contribution in [0.2, 0.25) is 0 Å². The second kappa shape index (κ2) is 8.25. The molecular formula is C22H23N3O3. The number of carbonyl (C=O) groups excluding carboxylic acids is 1. The maximum Gasteiger partial charge on any atom is 0.249 e. The van der Waals surface area contributed by atoms with Crippen LogP contribution in [0.1, 0.15) is 37.3 Å². The molecule has 6 nitrogen and oxygen atoms in total. The minimum absolute atomic E-state index is 0.0751. The van der Waals surface area contributed by atoms with Crippen LogP contribution in [-0.4, -0.2) is 34.1 Å². The first-order valence-corrected chi connectivity index (χ1v) is 9.65. The van der Waals surface area contributed by atoms with Gasteiger partial charge in [-0.2, -0.15) is 4.98 Å². The molecule has 28 heavy (non-hydrogen) atoms. The molecule has 1 saturated heterocycles. The SMILES string of the molecule is CCOc1ccc(CC(=O)N2CCCC2c2nc(-c3ccccc3)no2)cc1.